The molecule has 5 nitrogen and oxygen atoms in total. The van der Waals surface area contributed by atoms with E-state index >= 15 is 0 Å². The van der Waals surface area contributed by atoms with Crippen LogP contribution in [-0.4, -0.2) is 21.4 Å². The summed E-state index contributed by atoms with van der Waals surface area (Å²) < 4.78 is 27.9. The minimum atomic E-state index is -3.85. The highest BCUT2D eigenvalue weighted by Crippen LogP contribution is 2.24. The fraction of sp³-hybridized carbons (Fsp3) is 0.417. The lowest BCUT2D eigenvalue weighted by Crippen LogP contribution is -2.23. The van der Waals surface area contributed by atoms with Gasteiger partial charge in [-0.3, -0.25) is 4.79 Å². The van der Waals surface area contributed by atoms with Gasteiger partial charge in [-0.05, 0) is 30.2 Å². The van der Waals surface area contributed by atoms with Gasteiger partial charge in [-0.1, -0.05) is 6.92 Å². The molecule has 0 spiro atoms. The summed E-state index contributed by atoms with van der Waals surface area (Å²) in [6.07, 6.45) is 1.12. The Bertz CT molecular complexity index is 557. The number of amides is 1. The van der Waals surface area contributed by atoms with Gasteiger partial charge in [0, 0.05) is 23.6 Å². The smallest absolute Gasteiger partial charge is 0.261 e. The van der Waals surface area contributed by atoms with Crippen molar-refractivity contribution in [2.24, 2.45) is 0 Å². The van der Waals surface area contributed by atoms with Gasteiger partial charge in [-0.2, -0.15) is 0 Å². The highest BCUT2D eigenvalue weighted by Gasteiger charge is 2.16. The van der Waals surface area contributed by atoms with E-state index < -0.39 is 9.05 Å². The van der Waals surface area contributed by atoms with Crippen molar-refractivity contribution in [3.63, 3.8) is 0 Å². The largest absolute Gasteiger partial charge is 0.497 e. The topological polar surface area (TPSA) is 72.5 Å². The van der Waals surface area contributed by atoms with Gasteiger partial charge in [-0.15, -0.1) is 0 Å². The van der Waals surface area contributed by atoms with Gasteiger partial charge in [0.05, 0.1) is 12.0 Å². The van der Waals surface area contributed by atoms with Crippen LogP contribution >= 0.6 is 10.7 Å². The van der Waals surface area contributed by atoms with E-state index in [1.807, 2.05) is 6.92 Å². The van der Waals surface area contributed by atoms with Gasteiger partial charge < -0.3 is 10.1 Å². The second-order valence-corrected chi connectivity index (χ2v) is 6.47. The zero-order chi connectivity index (χ0) is 14.5. The molecule has 0 aliphatic rings. The molecule has 0 bridgehead atoms. The molecular weight excluding hydrogens is 290 g/mol. The number of benzene rings is 1. The number of hydrogen-bond donors (Lipinski definition) is 1. The van der Waals surface area contributed by atoms with Gasteiger partial charge in [0.25, 0.3) is 9.05 Å². The highest BCUT2D eigenvalue weighted by molar-refractivity contribution is 8.13. The molecule has 1 aromatic rings. The van der Waals surface area contributed by atoms with Crippen LogP contribution in [0.25, 0.3) is 0 Å². The summed E-state index contributed by atoms with van der Waals surface area (Å²) >= 11 is 0. The number of ether oxygens (including phenoxy) is 1. The summed E-state index contributed by atoms with van der Waals surface area (Å²) in [5.41, 5.74) is 0.402. The van der Waals surface area contributed by atoms with Crippen LogP contribution in [0.3, 0.4) is 0 Å². The Morgan fingerprint density at radius 2 is 2.11 bits per heavy atom. The summed E-state index contributed by atoms with van der Waals surface area (Å²) in [4.78, 5) is 11.4. The molecule has 1 amide bonds. The van der Waals surface area contributed by atoms with Crippen LogP contribution < -0.4 is 10.1 Å². The zero-order valence-corrected chi connectivity index (χ0v) is 12.3. The summed E-state index contributed by atoms with van der Waals surface area (Å²) in [5.74, 6) is 0.368. The molecule has 0 aromatic heterocycles. The normalized spacial score (nSPS) is 11.1. The molecule has 0 unspecified atom stereocenters. The molecule has 0 fully saturated rings. The van der Waals surface area contributed by atoms with Crippen molar-refractivity contribution in [2.45, 2.75) is 31.2 Å². The van der Waals surface area contributed by atoms with E-state index in [0.717, 1.165) is 6.42 Å². The number of rotatable bonds is 6. The SMILES string of the molecule is CCCC(=O)NCc1cc(OC)ccc1S(=O)(=O)Cl. The Labute approximate surface area is 117 Å². The summed E-state index contributed by atoms with van der Waals surface area (Å²) in [5, 5.41) is 2.65. The minimum Gasteiger partial charge on any atom is -0.497 e. The molecule has 0 saturated heterocycles. The van der Waals surface area contributed by atoms with Crippen molar-refractivity contribution in [1.82, 2.24) is 5.32 Å². The van der Waals surface area contributed by atoms with E-state index in [2.05, 4.69) is 5.32 Å². The second-order valence-electron chi connectivity index (χ2n) is 3.94. The number of nitrogens with one attached hydrogen (secondary N) is 1. The van der Waals surface area contributed by atoms with Gasteiger partial charge in [0.15, 0.2) is 0 Å². The molecule has 1 N–H and O–H groups in total. The molecular formula is C12H16ClNO4S. The maximum absolute atomic E-state index is 11.4. The third-order valence-electron chi connectivity index (χ3n) is 2.48. The molecule has 0 saturated carbocycles. The Morgan fingerprint density at radius 1 is 1.42 bits per heavy atom. The lowest BCUT2D eigenvalue weighted by molar-refractivity contribution is -0.121. The van der Waals surface area contributed by atoms with E-state index in [1.165, 1.54) is 19.2 Å². The monoisotopic (exact) mass is 305 g/mol. The van der Waals surface area contributed by atoms with Crippen LogP contribution in [-0.2, 0) is 20.4 Å². The van der Waals surface area contributed by atoms with Crippen LogP contribution in [0.1, 0.15) is 25.3 Å². The average Bonchev–Trinajstić information content (AvgIpc) is 2.35. The van der Waals surface area contributed by atoms with Crippen LogP contribution in [0.4, 0.5) is 0 Å². The second kappa shape index (κ2) is 6.77. The molecule has 0 heterocycles. The Morgan fingerprint density at radius 3 is 2.63 bits per heavy atom. The van der Waals surface area contributed by atoms with Crippen molar-refractivity contribution >= 4 is 25.6 Å². The van der Waals surface area contributed by atoms with Gasteiger partial charge in [-0.25, -0.2) is 8.42 Å². The molecule has 0 aliphatic carbocycles. The van der Waals surface area contributed by atoms with Crippen molar-refractivity contribution in [3.8, 4) is 5.75 Å². The lowest BCUT2D eigenvalue weighted by atomic mass is 10.2. The molecule has 7 heteroatoms. The quantitative estimate of drug-likeness (QED) is 0.816. The van der Waals surface area contributed by atoms with Crippen LogP contribution in [0.2, 0.25) is 0 Å². The first-order valence-corrected chi connectivity index (χ1v) is 8.07. The first kappa shape index (κ1) is 15.8. The molecule has 0 radical (unpaired) electrons. The van der Waals surface area contributed by atoms with E-state index in [-0.39, 0.29) is 17.3 Å². The first-order chi connectivity index (χ1) is 8.88. The predicted octanol–water partition coefficient (Wildman–Crippen LogP) is 2.04. The van der Waals surface area contributed by atoms with Crippen LogP contribution in [0, 0.1) is 0 Å². The maximum Gasteiger partial charge on any atom is 0.261 e. The van der Waals surface area contributed by atoms with Crippen molar-refractivity contribution < 1.29 is 17.9 Å². The van der Waals surface area contributed by atoms with E-state index in [9.17, 15) is 13.2 Å². The number of hydrogen-bond acceptors (Lipinski definition) is 4. The summed E-state index contributed by atoms with van der Waals surface area (Å²) in [7, 11) is 2.98. The molecule has 106 valence electrons. The fourth-order valence-electron chi connectivity index (χ4n) is 1.57. The Balaban J connectivity index is 2.99. The number of halogens is 1. The third kappa shape index (κ3) is 4.72. The molecule has 0 aliphatic heterocycles. The molecule has 0 atom stereocenters. The summed E-state index contributed by atoms with van der Waals surface area (Å²) in [6, 6.07) is 4.41. The summed E-state index contributed by atoms with van der Waals surface area (Å²) in [6.45, 7) is 1.98. The third-order valence-corrected chi connectivity index (χ3v) is 3.91. The van der Waals surface area contributed by atoms with Gasteiger partial charge in [0.1, 0.15) is 5.75 Å². The molecule has 1 aromatic carbocycles. The van der Waals surface area contributed by atoms with Gasteiger partial charge in [0.2, 0.25) is 5.91 Å². The standard InChI is InChI=1S/C12H16ClNO4S/c1-3-4-12(15)14-8-9-7-10(18-2)5-6-11(9)19(13,16)17/h5-7H,3-4,8H2,1-2H3,(H,14,15). The van der Waals surface area contributed by atoms with E-state index in [0.29, 0.717) is 17.7 Å². The van der Waals surface area contributed by atoms with Crippen molar-refractivity contribution in [2.75, 3.05) is 7.11 Å². The molecule has 1 rings (SSSR count). The number of methoxy groups -OCH3 is 1. The van der Waals surface area contributed by atoms with Crippen LogP contribution in [0.15, 0.2) is 23.1 Å². The first-order valence-electron chi connectivity index (χ1n) is 5.76. The average molecular weight is 306 g/mol. The van der Waals surface area contributed by atoms with E-state index in [1.54, 1.807) is 6.07 Å². The fourth-order valence-corrected chi connectivity index (χ4v) is 2.69. The van der Waals surface area contributed by atoms with Gasteiger partial charge >= 0.3 is 0 Å². The number of carbonyl (C=O) groups excluding carboxylic acids is 1. The Hall–Kier alpha value is -1.27. The maximum atomic E-state index is 11.4. The van der Waals surface area contributed by atoms with Crippen LogP contribution in [0.5, 0.6) is 5.75 Å². The lowest BCUT2D eigenvalue weighted by Gasteiger charge is -2.10. The van der Waals surface area contributed by atoms with E-state index in [4.69, 9.17) is 15.4 Å². The zero-order valence-electron chi connectivity index (χ0n) is 10.8. The predicted molar refractivity (Wildman–Crippen MR) is 72.8 cm³/mol. The molecule has 19 heavy (non-hydrogen) atoms. The highest BCUT2D eigenvalue weighted by atomic mass is 35.7. The van der Waals surface area contributed by atoms with Crippen molar-refractivity contribution in [3.05, 3.63) is 23.8 Å². The minimum absolute atomic E-state index is 0.0215. The van der Waals surface area contributed by atoms with Crippen molar-refractivity contribution in [1.29, 1.82) is 0 Å². The number of carbonyl (C=O) groups is 1. The Kier molecular flexibility index (Phi) is 5.62.